The Kier molecular flexibility index (Phi) is 29.9. The number of ketones is 1. The summed E-state index contributed by atoms with van der Waals surface area (Å²) in [4.78, 5) is 33.4. The summed E-state index contributed by atoms with van der Waals surface area (Å²) < 4.78 is 63.3. The van der Waals surface area contributed by atoms with E-state index in [0.29, 0.717) is 31.1 Å². The lowest BCUT2D eigenvalue weighted by atomic mass is 9.79. The maximum atomic E-state index is 14.7. The van der Waals surface area contributed by atoms with E-state index in [-0.39, 0.29) is 12.0 Å². The van der Waals surface area contributed by atoms with Crippen LogP contribution in [-0.4, -0.2) is 73.7 Å². The van der Waals surface area contributed by atoms with Crippen LogP contribution in [0.25, 0.3) is 0 Å². The van der Waals surface area contributed by atoms with Gasteiger partial charge in [-0.1, -0.05) is 175 Å². The molecule has 0 amide bonds. The lowest BCUT2D eigenvalue weighted by molar-refractivity contribution is -0.332. The van der Waals surface area contributed by atoms with Gasteiger partial charge in [0.2, 0.25) is 0 Å². The molecule has 0 spiro atoms. The van der Waals surface area contributed by atoms with Crippen LogP contribution in [0.15, 0.2) is 18.2 Å². The fourth-order valence-corrected chi connectivity index (χ4v) is 8.73. The van der Waals surface area contributed by atoms with Crippen LogP contribution < -0.4 is 15.4 Å². The van der Waals surface area contributed by atoms with Crippen LogP contribution in [0, 0.1) is 5.92 Å². The molecule has 14 heteroatoms. The van der Waals surface area contributed by atoms with E-state index in [1.807, 2.05) is 0 Å². The summed E-state index contributed by atoms with van der Waals surface area (Å²) in [5.74, 6) is 1.56. The molecule has 1 unspecified atom stereocenters. The number of esters is 1. The summed E-state index contributed by atoms with van der Waals surface area (Å²) in [6.07, 6.45) is 25.1. The third kappa shape index (κ3) is 22.5. The van der Waals surface area contributed by atoms with Crippen LogP contribution in [0.3, 0.4) is 0 Å². The average Bonchev–Trinajstić information content (AvgIpc) is 3.25. The van der Waals surface area contributed by atoms with Crippen LogP contribution in [0.2, 0.25) is 0 Å². The molecule has 0 aliphatic carbocycles. The first-order chi connectivity index (χ1) is 29.9. The SMILES string of the molecule is CCCCCCCCCCCCCC(=O)O[C@H]1[C@H](OS(=O)(=O)O)[C@@H](CO)OC(C)(ON)[C@@H]1C(=O)c1ccc(OCCCCCCCCCC)c(OCCCCCCCCCC)c1. The molecule has 0 aromatic heterocycles. The van der Waals surface area contributed by atoms with Crippen LogP contribution in [0.1, 0.15) is 218 Å². The predicted molar refractivity (Wildman–Crippen MR) is 243 cm³/mol. The molecule has 0 saturated carbocycles. The molecule has 13 nitrogen and oxygen atoms in total. The zero-order valence-corrected chi connectivity index (χ0v) is 39.7. The molecule has 1 aliphatic rings. The highest BCUT2D eigenvalue weighted by Gasteiger charge is 2.59. The van der Waals surface area contributed by atoms with Crippen LogP contribution in [0.5, 0.6) is 11.5 Å². The van der Waals surface area contributed by atoms with Gasteiger partial charge in [0.25, 0.3) is 0 Å². The summed E-state index contributed by atoms with van der Waals surface area (Å²) in [7, 11) is -5.19. The Morgan fingerprint density at radius 1 is 0.661 bits per heavy atom. The molecule has 5 atom stereocenters. The molecule has 1 aliphatic heterocycles. The largest absolute Gasteiger partial charge is 0.490 e. The molecule has 0 bridgehead atoms. The molecule has 1 fully saturated rings. The Labute approximate surface area is 375 Å². The number of benzene rings is 1. The van der Waals surface area contributed by atoms with Gasteiger partial charge in [-0.2, -0.15) is 8.42 Å². The van der Waals surface area contributed by atoms with Gasteiger partial charge in [0.1, 0.15) is 24.2 Å². The number of Topliss-reactive ketones (excluding diaryl/α,β-unsaturated/α-hetero) is 1. The van der Waals surface area contributed by atoms with Crippen molar-refractivity contribution < 1.29 is 55.6 Å². The molecule has 4 N–H and O–H groups in total. The number of carbonyl (C=O) groups excluding carboxylic acids is 2. The third-order valence-corrected chi connectivity index (χ3v) is 12.4. The van der Waals surface area contributed by atoms with Crippen molar-refractivity contribution in [2.45, 2.75) is 232 Å². The Morgan fingerprint density at radius 2 is 1.10 bits per heavy atom. The quantitative estimate of drug-likeness (QED) is 0.0186. The van der Waals surface area contributed by atoms with Gasteiger partial charge >= 0.3 is 16.4 Å². The number of rotatable bonds is 39. The van der Waals surface area contributed by atoms with Crippen molar-refractivity contribution in [3.05, 3.63) is 23.8 Å². The Balaban J connectivity index is 2.28. The number of carbonyl (C=O) groups is 2. The van der Waals surface area contributed by atoms with E-state index in [2.05, 4.69) is 20.8 Å². The second-order valence-electron chi connectivity index (χ2n) is 17.4. The van der Waals surface area contributed by atoms with E-state index >= 15 is 0 Å². The molecule has 360 valence electrons. The minimum atomic E-state index is -5.19. The first-order valence-corrected chi connectivity index (χ1v) is 25.8. The first kappa shape index (κ1) is 55.8. The minimum absolute atomic E-state index is 0.0144. The maximum Gasteiger partial charge on any atom is 0.397 e. The molecule has 62 heavy (non-hydrogen) atoms. The summed E-state index contributed by atoms with van der Waals surface area (Å²) in [5, 5.41) is 10.3. The van der Waals surface area contributed by atoms with Gasteiger partial charge in [0.05, 0.1) is 19.8 Å². The number of nitrogens with two attached hydrogens (primary N) is 1. The molecule has 1 aromatic carbocycles. The lowest BCUT2D eigenvalue weighted by Gasteiger charge is -2.48. The van der Waals surface area contributed by atoms with Crippen molar-refractivity contribution in [2.75, 3.05) is 19.8 Å². The zero-order valence-electron chi connectivity index (χ0n) is 38.9. The van der Waals surface area contributed by atoms with E-state index in [1.165, 1.54) is 110 Å². The molecule has 1 aromatic rings. The second-order valence-corrected chi connectivity index (χ2v) is 18.4. The van der Waals surface area contributed by atoms with Gasteiger partial charge in [-0.25, -0.2) is 10.1 Å². The van der Waals surface area contributed by atoms with Crippen LogP contribution in [-0.2, 0) is 33.7 Å². The fourth-order valence-electron chi connectivity index (χ4n) is 8.22. The molecule has 1 heterocycles. The smallest absolute Gasteiger partial charge is 0.397 e. The van der Waals surface area contributed by atoms with E-state index < -0.39 is 58.8 Å². The van der Waals surface area contributed by atoms with Crippen molar-refractivity contribution >= 4 is 22.2 Å². The number of aliphatic hydroxyl groups excluding tert-OH is 1. The molecular weight excluding hydrogens is 815 g/mol. The molecule has 1 saturated heterocycles. The molecule has 0 radical (unpaired) electrons. The third-order valence-electron chi connectivity index (χ3n) is 11.9. The van der Waals surface area contributed by atoms with Crippen molar-refractivity contribution in [3.63, 3.8) is 0 Å². The molecular formula is C48H85NO12S. The number of aliphatic hydroxyl groups is 1. The average molecular weight is 900 g/mol. The highest BCUT2D eigenvalue weighted by molar-refractivity contribution is 7.80. The normalized spacial score (nSPS) is 20.3. The van der Waals surface area contributed by atoms with Crippen molar-refractivity contribution in [3.8, 4) is 11.5 Å². The first-order valence-electron chi connectivity index (χ1n) is 24.4. The van der Waals surface area contributed by atoms with E-state index in [1.54, 1.807) is 18.2 Å². The summed E-state index contributed by atoms with van der Waals surface area (Å²) in [6, 6.07) is 4.75. The topological polar surface area (TPSA) is 190 Å². The van der Waals surface area contributed by atoms with Gasteiger partial charge < -0.3 is 24.1 Å². The van der Waals surface area contributed by atoms with Gasteiger partial charge in [0.15, 0.2) is 23.1 Å². The summed E-state index contributed by atoms with van der Waals surface area (Å²) in [6.45, 7) is 8.00. The molecule has 2 rings (SSSR count). The van der Waals surface area contributed by atoms with Gasteiger partial charge in [-0.3, -0.25) is 19.0 Å². The van der Waals surface area contributed by atoms with Gasteiger partial charge in [0, 0.05) is 12.0 Å². The number of hydrogen-bond donors (Lipinski definition) is 3. The Bertz CT molecular complexity index is 1440. The Morgan fingerprint density at radius 3 is 1.53 bits per heavy atom. The van der Waals surface area contributed by atoms with Crippen LogP contribution in [0.4, 0.5) is 0 Å². The highest BCUT2D eigenvalue weighted by atomic mass is 32.3. The maximum absolute atomic E-state index is 14.7. The van der Waals surface area contributed by atoms with Gasteiger partial charge in [-0.05, 0) is 44.4 Å². The lowest BCUT2D eigenvalue weighted by Crippen LogP contribution is -2.66. The van der Waals surface area contributed by atoms with E-state index in [4.69, 9.17) is 33.9 Å². The van der Waals surface area contributed by atoms with Crippen molar-refractivity contribution in [1.29, 1.82) is 0 Å². The van der Waals surface area contributed by atoms with Gasteiger partial charge in [-0.15, -0.1) is 0 Å². The van der Waals surface area contributed by atoms with E-state index in [0.717, 1.165) is 64.2 Å². The fraction of sp³-hybridized carbons (Fsp3) is 0.833. The number of unbranched alkanes of at least 4 members (excludes halogenated alkanes) is 24. The number of ether oxygens (including phenoxy) is 4. The summed E-state index contributed by atoms with van der Waals surface area (Å²) in [5.41, 5.74) is 0.103. The minimum Gasteiger partial charge on any atom is -0.490 e. The second kappa shape index (κ2) is 33.2. The van der Waals surface area contributed by atoms with Crippen molar-refractivity contribution in [1.82, 2.24) is 0 Å². The number of hydrogen-bond acceptors (Lipinski definition) is 12. The Hall–Kier alpha value is -2.33. The zero-order chi connectivity index (χ0) is 45.5. The predicted octanol–water partition coefficient (Wildman–Crippen LogP) is 11.3. The standard InChI is InChI=1S/C48H85NO12S/c1-5-8-11-14-17-20-21-22-23-26-29-32-43(51)58-47-44(48(4,61-49)59-42(38-50)46(47)60-62(53,54)55)45(52)39-33-34-40(56-35-30-27-24-18-15-12-9-6-2)41(37-39)57-36-31-28-25-19-16-13-10-7-3/h33-34,37,42,44,46-47,50H,5-32,35-36,38,49H2,1-4H3,(H,53,54,55)/t42-,44-,46-,47-,48?/m1/s1. The van der Waals surface area contributed by atoms with Crippen molar-refractivity contribution in [2.24, 2.45) is 11.8 Å². The van der Waals surface area contributed by atoms with Crippen LogP contribution >= 0.6 is 0 Å². The van der Waals surface area contributed by atoms with E-state index in [9.17, 15) is 27.7 Å². The monoisotopic (exact) mass is 900 g/mol. The summed E-state index contributed by atoms with van der Waals surface area (Å²) >= 11 is 0. The highest BCUT2D eigenvalue weighted by Crippen LogP contribution is 2.41.